The van der Waals surface area contributed by atoms with Crippen LogP contribution >= 0.6 is 11.3 Å². The van der Waals surface area contributed by atoms with Gasteiger partial charge in [-0.1, -0.05) is 6.07 Å². The third kappa shape index (κ3) is 4.43. The molecule has 29 heavy (non-hydrogen) atoms. The molecule has 0 radical (unpaired) electrons. The first-order valence-electron chi connectivity index (χ1n) is 7.70. The number of anilines is 1. The van der Waals surface area contributed by atoms with E-state index in [1.54, 1.807) is 0 Å². The number of ether oxygens (including phenoxy) is 2. The van der Waals surface area contributed by atoms with E-state index < -0.39 is 38.8 Å². The maximum atomic E-state index is 14.3. The highest BCUT2D eigenvalue weighted by Gasteiger charge is 2.32. The van der Waals surface area contributed by atoms with E-state index in [9.17, 15) is 30.8 Å². The molecule has 0 aliphatic carbocycles. The van der Waals surface area contributed by atoms with Crippen molar-refractivity contribution in [3.05, 3.63) is 53.2 Å². The molecule has 1 aromatic heterocycles. The summed E-state index contributed by atoms with van der Waals surface area (Å²) in [6.07, 6.45) is -4.90. The number of sulfonamides is 1. The van der Waals surface area contributed by atoms with Crippen molar-refractivity contribution in [1.82, 2.24) is 0 Å². The fourth-order valence-corrected chi connectivity index (χ4v) is 5.39. The highest BCUT2D eigenvalue weighted by atomic mass is 32.2. The van der Waals surface area contributed by atoms with Crippen LogP contribution in [0.15, 0.2) is 47.4 Å². The second-order valence-electron chi connectivity index (χ2n) is 5.54. The molecule has 6 nitrogen and oxygen atoms in total. The molecule has 0 saturated heterocycles. The van der Waals surface area contributed by atoms with Gasteiger partial charge in [-0.15, -0.1) is 24.5 Å². The predicted octanol–water partition coefficient (Wildman–Crippen LogP) is 4.53. The number of rotatable bonds is 5. The molecule has 3 rings (SSSR count). The molecule has 12 heteroatoms. The van der Waals surface area contributed by atoms with Gasteiger partial charge in [-0.2, -0.15) is 0 Å². The van der Waals surface area contributed by atoms with Gasteiger partial charge in [0.25, 0.3) is 10.0 Å². The zero-order valence-corrected chi connectivity index (χ0v) is 16.0. The fourth-order valence-electron chi connectivity index (χ4n) is 2.49. The number of alkyl halides is 3. The van der Waals surface area contributed by atoms with E-state index in [-0.39, 0.29) is 20.7 Å². The monoisotopic (exact) mass is 449 g/mol. The number of esters is 1. The maximum Gasteiger partial charge on any atom is 0.573 e. The van der Waals surface area contributed by atoms with Crippen LogP contribution in [-0.4, -0.2) is 27.9 Å². The van der Waals surface area contributed by atoms with E-state index in [2.05, 4.69) is 14.2 Å². The quantitative estimate of drug-likeness (QED) is 0.457. The Morgan fingerprint density at radius 1 is 1.10 bits per heavy atom. The molecule has 0 bridgehead atoms. The molecule has 0 spiro atoms. The van der Waals surface area contributed by atoms with Crippen LogP contribution in [0.4, 0.5) is 23.2 Å². The SMILES string of the molecule is COC(=O)c1sc2cccc(F)c2c1S(=O)(=O)Nc1ccc(OC(F)(F)F)cc1. The van der Waals surface area contributed by atoms with Crippen molar-refractivity contribution in [2.75, 3.05) is 11.8 Å². The minimum absolute atomic E-state index is 0.119. The Hall–Kier alpha value is -2.86. The zero-order chi connectivity index (χ0) is 21.4. The Morgan fingerprint density at radius 3 is 2.34 bits per heavy atom. The summed E-state index contributed by atoms with van der Waals surface area (Å²) in [5.41, 5.74) is -0.119. The number of thiophene rings is 1. The van der Waals surface area contributed by atoms with Crippen LogP contribution in [-0.2, 0) is 14.8 Å². The largest absolute Gasteiger partial charge is 0.573 e. The van der Waals surface area contributed by atoms with Crippen molar-refractivity contribution in [3.63, 3.8) is 0 Å². The number of carbonyl (C=O) groups is 1. The number of benzene rings is 2. The fraction of sp³-hybridized carbons (Fsp3) is 0.118. The Balaban J connectivity index is 2.03. The van der Waals surface area contributed by atoms with Crippen molar-refractivity contribution in [2.45, 2.75) is 11.3 Å². The predicted molar refractivity (Wildman–Crippen MR) is 97.1 cm³/mol. The van der Waals surface area contributed by atoms with E-state index >= 15 is 0 Å². The molecule has 0 unspecified atom stereocenters. The number of methoxy groups -OCH3 is 1. The van der Waals surface area contributed by atoms with Crippen molar-refractivity contribution >= 4 is 43.1 Å². The van der Waals surface area contributed by atoms with Crippen LogP contribution in [0, 0.1) is 5.82 Å². The summed E-state index contributed by atoms with van der Waals surface area (Å²) in [4.78, 5) is 11.1. The first-order valence-corrected chi connectivity index (χ1v) is 10.00. The number of hydrogen-bond donors (Lipinski definition) is 1. The van der Waals surface area contributed by atoms with Gasteiger partial charge in [-0.05, 0) is 36.4 Å². The second-order valence-corrected chi connectivity index (χ2v) is 8.21. The summed E-state index contributed by atoms with van der Waals surface area (Å²) in [5.74, 6) is -2.38. The molecular weight excluding hydrogens is 438 g/mol. The molecule has 3 aromatic rings. The molecule has 0 fully saturated rings. The van der Waals surface area contributed by atoms with Gasteiger partial charge in [0.15, 0.2) is 0 Å². The minimum atomic E-state index is -4.90. The van der Waals surface area contributed by atoms with E-state index in [0.717, 1.165) is 48.8 Å². The van der Waals surface area contributed by atoms with Crippen LogP contribution in [0.25, 0.3) is 10.1 Å². The maximum absolute atomic E-state index is 14.3. The van der Waals surface area contributed by atoms with E-state index in [4.69, 9.17) is 0 Å². The molecule has 154 valence electrons. The summed E-state index contributed by atoms with van der Waals surface area (Å²) in [6, 6.07) is 7.70. The van der Waals surface area contributed by atoms with Crippen LogP contribution in [0.5, 0.6) is 5.75 Å². The third-order valence-electron chi connectivity index (χ3n) is 3.60. The lowest BCUT2D eigenvalue weighted by Crippen LogP contribution is -2.18. The van der Waals surface area contributed by atoms with Crippen LogP contribution in [0.2, 0.25) is 0 Å². The molecule has 0 aliphatic rings. The van der Waals surface area contributed by atoms with Crippen LogP contribution in [0.3, 0.4) is 0 Å². The number of nitrogens with one attached hydrogen (secondary N) is 1. The van der Waals surface area contributed by atoms with Gasteiger partial charge < -0.3 is 9.47 Å². The normalized spacial score (nSPS) is 12.0. The van der Waals surface area contributed by atoms with Gasteiger partial charge in [0.2, 0.25) is 0 Å². The smallest absolute Gasteiger partial charge is 0.465 e. The zero-order valence-electron chi connectivity index (χ0n) is 14.4. The second kappa shape index (κ2) is 7.52. The number of hydrogen-bond acceptors (Lipinski definition) is 6. The molecule has 0 saturated carbocycles. The van der Waals surface area contributed by atoms with Gasteiger partial charge in [0.05, 0.1) is 7.11 Å². The molecule has 0 aliphatic heterocycles. The van der Waals surface area contributed by atoms with Crippen molar-refractivity contribution in [1.29, 1.82) is 0 Å². The Kier molecular flexibility index (Phi) is 5.41. The van der Waals surface area contributed by atoms with E-state index in [1.807, 2.05) is 0 Å². The van der Waals surface area contributed by atoms with Gasteiger partial charge in [0, 0.05) is 15.8 Å². The molecule has 0 amide bonds. The average molecular weight is 449 g/mol. The van der Waals surface area contributed by atoms with Crippen molar-refractivity contribution in [3.8, 4) is 5.75 Å². The summed E-state index contributed by atoms with van der Waals surface area (Å²) in [5, 5.41) is -0.289. The molecule has 1 heterocycles. The van der Waals surface area contributed by atoms with E-state index in [1.165, 1.54) is 12.1 Å². The van der Waals surface area contributed by atoms with Crippen molar-refractivity contribution in [2.24, 2.45) is 0 Å². The summed E-state index contributed by atoms with van der Waals surface area (Å²) in [6.45, 7) is 0. The third-order valence-corrected chi connectivity index (χ3v) is 6.31. The minimum Gasteiger partial charge on any atom is -0.465 e. The van der Waals surface area contributed by atoms with Crippen LogP contribution < -0.4 is 9.46 Å². The topological polar surface area (TPSA) is 81.7 Å². The molecule has 1 N–H and O–H groups in total. The van der Waals surface area contributed by atoms with Gasteiger partial charge in [-0.25, -0.2) is 17.6 Å². The summed E-state index contributed by atoms with van der Waals surface area (Å²) >= 11 is 0.738. The molecular formula is C17H11F4NO5S2. The first-order chi connectivity index (χ1) is 13.5. The summed E-state index contributed by atoms with van der Waals surface area (Å²) in [7, 11) is -3.45. The standard InChI is InChI=1S/C17H11F4NO5S2/c1-26-16(23)14-15(13-11(18)3-2-4-12(13)28-14)29(24,25)22-9-5-7-10(8-6-9)27-17(19,20)21/h2-8,22H,1H3. The summed E-state index contributed by atoms with van der Waals surface area (Å²) < 4.78 is 87.4. The van der Waals surface area contributed by atoms with Gasteiger partial charge in [-0.3, -0.25) is 4.72 Å². The first kappa shape index (κ1) is 20.9. The van der Waals surface area contributed by atoms with E-state index in [0.29, 0.717) is 0 Å². The highest BCUT2D eigenvalue weighted by Crippen LogP contribution is 2.37. The molecule has 2 aromatic carbocycles. The highest BCUT2D eigenvalue weighted by molar-refractivity contribution is 7.93. The lowest BCUT2D eigenvalue weighted by atomic mass is 10.2. The van der Waals surface area contributed by atoms with Gasteiger partial charge >= 0.3 is 12.3 Å². The average Bonchev–Trinajstić information content (AvgIpc) is 3.03. The Morgan fingerprint density at radius 2 is 1.76 bits per heavy atom. The lowest BCUT2D eigenvalue weighted by molar-refractivity contribution is -0.274. The van der Waals surface area contributed by atoms with Crippen molar-refractivity contribution < 1.29 is 40.2 Å². The number of carbonyl (C=O) groups excluding carboxylic acids is 1. The molecule has 0 atom stereocenters. The Labute approximate surface area is 165 Å². The van der Waals surface area contributed by atoms with Crippen LogP contribution in [0.1, 0.15) is 9.67 Å². The van der Waals surface area contributed by atoms with Gasteiger partial charge in [0.1, 0.15) is 21.3 Å². The lowest BCUT2D eigenvalue weighted by Gasteiger charge is -2.11. The Bertz CT molecular complexity index is 1170. The number of fused-ring (bicyclic) bond motifs is 1. The number of halogens is 4.